The molecule has 0 N–H and O–H groups in total. The van der Waals surface area contributed by atoms with Crippen molar-refractivity contribution >= 4 is 28.8 Å². The number of hydrogen-bond donors (Lipinski definition) is 0. The summed E-state index contributed by atoms with van der Waals surface area (Å²) in [5.74, 6) is 2.03. The third kappa shape index (κ3) is 5.13. The van der Waals surface area contributed by atoms with E-state index < -0.39 is 0 Å². The van der Waals surface area contributed by atoms with Gasteiger partial charge in [-0.2, -0.15) is 0 Å². The first-order valence-electron chi connectivity index (χ1n) is 14.1. The lowest BCUT2D eigenvalue weighted by atomic mass is 9.84. The Morgan fingerprint density at radius 1 is 0.875 bits per heavy atom. The van der Waals surface area contributed by atoms with E-state index in [4.69, 9.17) is 21.1 Å². The Bertz CT molecular complexity index is 1510. The van der Waals surface area contributed by atoms with Gasteiger partial charge < -0.3 is 14.4 Å². The third-order valence-electron chi connectivity index (χ3n) is 8.42. The summed E-state index contributed by atoms with van der Waals surface area (Å²) in [5.41, 5.74) is 5.66. The van der Waals surface area contributed by atoms with Gasteiger partial charge in [-0.1, -0.05) is 73.3 Å². The van der Waals surface area contributed by atoms with Crippen LogP contribution in [0, 0.1) is 0 Å². The van der Waals surface area contributed by atoms with E-state index in [1.807, 2.05) is 47.4 Å². The first-order chi connectivity index (χ1) is 19.6. The number of carbonyl (C=O) groups excluding carboxylic acids is 1. The highest BCUT2D eigenvalue weighted by atomic mass is 35.5. The van der Waals surface area contributed by atoms with Gasteiger partial charge in [-0.05, 0) is 83.3 Å². The molecule has 1 aliphatic carbocycles. The Hall–Kier alpha value is -3.28. The SMILES string of the molecule is COc1cc2c(cc1OC)C(c1ccccc1Cl)N(C(=O)c1ccc(-c3ccc(C4CCCCC4)cc3)s1)CC2. The molecule has 2 heterocycles. The Morgan fingerprint density at radius 2 is 1.60 bits per heavy atom. The summed E-state index contributed by atoms with van der Waals surface area (Å²) in [4.78, 5) is 17.9. The number of methoxy groups -OCH3 is 2. The van der Waals surface area contributed by atoms with Crippen molar-refractivity contribution in [1.82, 2.24) is 4.90 Å². The van der Waals surface area contributed by atoms with Crippen LogP contribution in [-0.2, 0) is 6.42 Å². The van der Waals surface area contributed by atoms with Gasteiger partial charge in [-0.3, -0.25) is 4.79 Å². The topological polar surface area (TPSA) is 38.8 Å². The second-order valence-electron chi connectivity index (χ2n) is 10.7. The number of carbonyl (C=O) groups is 1. The first kappa shape index (κ1) is 26.9. The molecule has 1 atom stereocenters. The second-order valence-corrected chi connectivity index (χ2v) is 12.2. The lowest BCUT2D eigenvalue weighted by Gasteiger charge is -2.38. The maximum atomic E-state index is 14.1. The molecule has 1 aliphatic heterocycles. The number of amides is 1. The zero-order valence-corrected chi connectivity index (χ0v) is 24.6. The molecule has 0 saturated heterocycles. The Morgan fingerprint density at radius 3 is 2.33 bits per heavy atom. The number of hydrogen-bond acceptors (Lipinski definition) is 4. The summed E-state index contributed by atoms with van der Waals surface area (Å²) in [6.45, 7) is 0.584. The summed E-state index contributed by atoms with van der Waals surface area (Å²) >= 11 is 8.29. The zero-order chi connectivity index (χ0) is 27.6. The molecule has 6 rings (SSSR count). The fourth-order valence-electron chi connectivity index (χ4n) is 6.30. The molecule has 40 heavy (non-hydrogen) atoms. The molecule has 1 saturated carbocycles. The van der Waals surface area contributed by atoms with Crippen molar-refractivity contribution in [1.29, 1.82) is 0 Å². The molecule has 3 aromatic carbocycles. The highest BCUT2D eigenvalue weighted by Gasteiger charge is 2.35. The summed E-state index contributed by atoms with van der Waals surface area (Å²) in [6.07, 6.45) is 7.34. The van der Waals surface area contributed by atoms with E-state index in [0.29, 0.717) is 29.0 Å². The molecule has 6 heteroatoms. The number of ether oxygens (including phenoxy) is 2. The van der Waals surface area contributed by atoms with E-state index in [0.717, 1.165) is 38.4 Å². The first-order valence-corrected chi connectivity index (χ1v) is 15.3. The van der Waals surface area contributed by atoms with Gasteiger partial charge in [0.1, 0.15) is 0 Å². The molecule has 4 aromatic rings. The van der Waals surface area contributed by atoms with E-state index in [1.165, 1.54) is 37.7 Å². The summed E-state index contributed by atoms with van der Waals surface area (Å²) < 4.78 is 11.2. The molecule has 1 aromatic heterocycles. The molecule has 0 bridgehead atoms. The summed E-state index contributed by atoms with van der Waals surface area (Å²) in [6, 6.07) is 24.5. The van der Waals surface area contributed by atoms with E-state index in [-0.39, 0.29) is 11.9 Å². The normalized spacial score (nSPS) is 17.4. The van der Waals surface area contributed by atoms with Crippen LogP contribution in [0.5, 0.6) is 11.5 Å². The molecule has 1 fully saturated rings. The average molecular weight is 572 g/mol. The predicted molar refractivity (Wildman–Crippen MR) is 163 cm³/mol. The zero-order valence-electron chi connectivity index (χ0n) is 23.0. The lowest BCUT2D eigenvalue weighted by molar-refractivity contribution is 0.0699. The van der Waals surface area contributed by atoms with Crippen LogP contribution in [0.2, 0.25) is 5.02 Å². The van der Waals surface area contributed by atoms with Crippen LogP contribution >= 0.6 is 22.9 Å². The minimum atomic E-state index is -0.329. The quantitative estimate of drug-likeness (QED) is 0.232. The van der Waals surface area contributed by atoms with Gasteiger partial charge in [0, 0.05) is 16.4 Å². The van der Waals surface area contributed by atoms with Crippen molar-refractivity contribution < 1.29 is 14.3 Å². The van der Waals surface area contributed by atoms with E-state index in [9.17, 15) is 4.79 Å². The minimum Gasteiger partial charge on any atom is -0.493 e. The lowest BCUT2D eigenvalue weighted by Crippen LogP contribution is -2.40. The maximum Gasteiger partial charge on any atom is 0.264 e. The largest absolute Gasteiger partial charge is 0.493 e. The molecule has 0 radical (unpaired) electrons. The van der Waals surface area contributed by atoms with Crippen LogP contribution < -0.4 is 9.47 Å². The fraction of sp³-hybridized carbons (Fsp3) is 0.324. The van der Waals surface area contributed by atoms with Crippen LogP contribution in [0.1, 0.15) is 76.0 Å². The molecule has 2 aliphatic rings. The number of thiophene rings is 1. The van der Waals surface area contributed by atoms with Crippen molar-refractivity contribution in [2.45, 2.75) is 50.5 Å². The number of nitrogens with zero attached hydrogens (tertiary/aromatic N) is 1. The Kier molecular flexibility index (Phi) is 7.86. The average Bonchev–Trinajstić information content (AvgIpc) is 3.51. The monoisotopic (exact) mass is 571 g/mol. The van der Waals surface area contributed by atoms with Gasteiger partial charge in [-0.25, -0.2) is 0 Å². The van der Waals surface area contributed by atoms with Crippen molar-refractivity contribution in [3.63, 3.8) is 0 Å². The van der Waals surface area contributed by atoms with Gasteiger partial charge in [0.05, 0.1) is 25.1 Å². The maximum absolute atomic E-state index is 14.1. The smallest absolute Gasteiger partial charge is 0.264 e. The van der Waals surface area contributed by atoms with Crippen molar-refractivity contribution in [3.05, 3.63) is 105 Å². The summed E-state index contributed by atoms with van der Waals surface area (Å²) in [7, 11) is 3.28. The Balaban J connectivity index is 1.32. The van der Waals surface area contributed by atoms with Crippen molar-refractivity contribution in [2.24, 2.45) is 0 Å². The minimum absolute atomic E-state index is 0.0143. The Labute approximate surface area is 245 Å². The number of benzene rings is 3. The highest BCUT2D eigenvalue weighted by molar-refractivity contribution is 7.17. The number of fused-ring (bicyclic) bond motifs is 1. The summed E-state index contributed by atoms with van der Waals surface area (Å²) in [5, 5.41) is 0.637. The molecular weight excluding hydrogens is 538 g/mol. The number of halogens is 1. The van der Waals surface area contributed by atoms with Gasteiger partial charge in [0.15, 0.2) is 11.5 Å². The standard InChI is InChI=1S/C34H34ClNO3S/c1-38-29-20-25-18-19-36(33(27(25)21-30(29)39-2)26-10-6-7-11-28(26)35)34(37)32-17-16-31(40-32)24-14-12-23(13-15-24)22-8-4-3-5-9-22/h6-7,10-17,20-22,33H,3-5,8-9,18-19H2,1-2H3. The molecule has 4 nitrogen and oxygen atoms in total. The van der Waals surface area contributed by atoms with Gasteiger partial charge >= 0.3 is 0 Å². The molecule has 1 amide bonds. The molecular formula is C34H34ClNO3S. The van der Waals surface area contributed by atoms with E-state index in [2.05, 4.69) is 30.3 Å². The van der Waals surface area contributed by atoms with E-state index in [1.54, 1.807) is 25.6 Å². The number of rotatable bonds is 6. The van der Waals surface area contributed by atoms with Gasteiger partial charge in [0.25, 0.3) is 5.91 Å². The predicted octanol–water partition coefficient (Wildman–Crippen LogP) is 8.92. The van der Waals surface area contributed by atoms with Crippen LogP contribution in [0.4, 0.5) is 0 Å². The molecule has 206 valence electrons. The molecule has 0 spiro atoms. The van der Waals surface area contributed by atoms with Crippen LogP contribution in [0.15, 0.2) is 72.8 Å². The van der Waals surface area contributed by atoms with Gasteiger partial charge in [0.2, 0.25) is 0 Å². The van der Waals surface area contributed by atoms with Crippen LogP contribution in [0.3, 0.4) is 0 Å². The molecule has 1 unspecified atom stereocenters. The van der Waals surface area contributed by atoms with Gasteiger partial charge in [-0.15, -0.1) is 11.3 Å². The van der Waals surface area contributed by atoms with E-state index >= 15 is 0 Å². The van der Waals surface area contributed by atoms with Crippen molar-refractivity contribution in [2.75, 3.05) is 20.8 Å². The highest BCUT2D eigenvalue weighted by Crippen LogP contribution is 2.44. The third-order valence-corrected chi connectivity index (χ3v) is 9.89. The van der Waals surface area contributed by atoms with Crippen LogP contribution in [-0.4, -0.2) is 31.6 Å². The fourth-order valence-corrected chi connectivity index (χ4v) is 7.51. The van der Waals surface area contributed by atoms with Crippen LogP contribution in [0.25, 0.3) is 10.4 Å². The second kappa shape index (κ2) is 11.7. The van der Waals surface area contributed by atoms with Crippen molar-refractivity contribution in [3.8, 4) is 21.9 Å².